The van der Waals surface area contributed by atoms with Crippen LogP contribution >= 0.6 is 0 Å². The van der Waals surface area contributed by atoms with Crippen LogP contribution in [0, 0.1) is 4.91 Å². The van der Waals surface area contributed by atoms with Gasteiger partial charge in [-0.15, -0.1) is 0 Å². The van der Waals surface area contributed by atoms with E-state index in [1.165, 1.54) is 0 Å². The van der Waals surface area contributed by atoms with Crippen molar-refractivity contribution < 1.29 is 47.3 Å². The molecule has 13 nitrogen and oxygen atoms in total. The predicted octanol–water partition coefficient (Wildman–Crippen LogP) is 2.89. The number of carbonyl (C=O) groups excluding carboxylic acids is 1. The van der Waals surface area contributed by atoms with Crippen molar-refractivity contribution in [3.05, 3.63) is 41.4 Å². The molecule has 6 N–H and O–H groups in total. The van der Waals surface area contributed by atoms with Crippen LogP contribution in [0.3, 0.4) is 0 Å². The lowest BCUT2D eigenvalue weighted by Crippen LogP contribution is -2.62. The molecule has 0 aromatic rings. The topological polar surface area (TPSA) is 215 Å². The highest BCUT2D eigenvalue weighted by Gasteiger charge is 2.48. The Kier molecular flexibility index (Phi) is 22.3. The van der Waals surface area contributed by atoms with Crippen LogP contribution in [0.15, 0.2) is 41.6 Å². The average molecular weight is 623 g/mol. The van der Waals surface area contributed by atoms with E-state index in [2.05, 4.69) is 48.6 Å². The van der Waals surface area contributed by atoms with E-state index in [1.54, 1.807) is 0 Å². The van der Waals surface area contributed by atoms with Crippen molar-refractivity contribution in [1.29, 1.82) is 0 Å². The second kappa shape index (κ2) is 23.4. The van der Waals surface area contributed by atoms with Crippen molar-refractivity contribution >= 4 is 16.1 Å². The molecular formula is C28H50N2O11S. The normalized spacial score (nSPS) is 16.9. The zero-order valence-electron chi connectivity index (χ0n) is 24.8. The number of unbranched alkanes of at least 4 members (excludes halogenated alkanes) is 5. The van der Waals surface area contributed by atoms with Crippen LogP contribution in [0.1, 0.15) is 77.6 Å². The summed E-state index contributed by atoms with van der Waals surface area (Å²) in [5, 5.41) is 32.0. The number of allylic oxidation sites excluding steroid dienone is 6. The van der Waals surface area contributed by atoms with Crippen LogP contribution in [0.4, 0.5) is 0 Å². The number of esters is 1. The van der Waals surface area contributed by atoms with E-state index < -0.39 is 71.7 Å². The van der Waals surface area contributed by atoms with Crippen molar-refractivity contribution in [1.82, 2.24) is 0 Å². The molecule has 0 aliphatic rings. The summed E-state index contributed by atoms with van der Waals surface area (Å²) in [6.07, 6.45) is 15.1. The number of aliphatic hydroxyl groups excluding tert-OH is 3. The Morgan fingerprint density at radius 1 is 1.00 bits per heavy atom. The molecule has 0 aliphatic carbocycles. The molecule has 0 rings (SSSR count). The minimum Gasteiger partial charge on any atom is -0.457 e. The third-order valence-electron chi connectivity index (χ3n) is 6.22. The summed E-state index contributed by atoms with van der Waals surface area (Å²) in [4.78, 5) is 24.4. The molecule has 0 aromatic heterocycles. The number of methoxy groups -OCH3 is 1. The first-order chi connectivity index (χ1) is 19.9. The van der Waals surface area contributed by atoms with Crippen molar-refractivity contribution in [2.75, 3.05) is 26.1 Å². The highest BCUT2D eigenvalue weighted by Crippen LogP contribution is 2.25. The van der Waals surface area contributed by atoms with E-state index in [1.807, 2.05) is 0 Å². The Hall–Kier alpha value is -2.04. The third-order valence-corrected chi connectivity index (χ3v) is 6.97. The van der Waals surface area contributed by atoms with Gasteiger partial charge in [0, 0.05) is 13.5 Å². The molecule has 2 unspecified atom stereocenters. The molecule has 0 radical (unpaired) electrons. The highest BCUT2D eigenvalue weighted by atomic mass is 32.2. The molecule has 5 atom stereocenters. The van der Waals surface area contributed by atoms with Crippen molar-refractivity contribution in [3.63, 3.8) is 0 Å². The molecule has 0 saturated heterocycles. The van der Waals surface area contributed by atoms with Gasteiger partial charge < -0.3 is 29.5 Å². The largest absolute Gasteiger partial charge is 0.457 e. The van der Waals surface area contributed by atoms with Crippen LogP contribution in [-0.2, 0) is 29.1 Å². The van der Waals surface area contributed by atoms with Crippen molar-refractivity contribution in [2.24, 2.45) is 10.9 Å². The second-order valence-electron chi connectivity index (χ2n) is 9.82. The number of nitroso groups, excluding NO2 is 1. The van der Waals surface area contributed by atoms with Gasteiger partial charge in [-0.2, -0.15) is 13.3 Å². The number of hydrogen-bond acceptors (Lipinski definition) is 12. The number of rotatable bonds is 26. The highest BCUT2D eigenvalue weighted by molar-refractivity contribution is 7.85. The lowest BCUT2D eigenvalue weighted by atomic mass is 10.0. The number of hydrogen-bond donors (Lipinski definition) is 5. The van der Waals surface area contributed by atoms with E-state index in [-0.39, 0.29) is 6.42 Å². The van der Waals surface area contributed by atoms with Gasteiger partial charge in [-0.1, -0.05) is 67.8 Å². The number of carbonyl (C=O) groups is 1. The minimum atomic E-state index is -4.49. The van der Waals surface area contributed by atoms with E-state index in [4.69, 9.17) is 29.6 Å². The fourth-order valence-electron chi connectivity index (χ4n) is 3.79. The van der Waals surface area contributed by atoms with Gasteiger partial charge in [0.05, 0.1) is 25.1 Å². The molecule has 0 heterocycles. The second-order valence-corrected chi connectivity index (χ2v) is 11.4. The first-order valence-electron chi connectivity index (χ1n) is 14.3. The number of nitrogens with two attached hydrogens (primary N) is 1. The summed E-state index contributed by atoms with van der Waals surface area (Å²) in [7, 11) is -3.46. The Balaban J connectivity index is 4.86. The van der Waals surface area contributed by atoms with Crippen LogP contribution < -0.4 is 5.73 Å². The molecule has 42 heavy (non-hydrogen) atoms. The van der Waals surface area contributed by atoms with Gasteiger partial charge >= 0.3 is 5.97 Å². The average Bonchev–Trinajstić information content (AvgIpc) is 2.95. The maximum atomic E-state index is 12.6. The quantitative estimate of drug-likeness (QED) is 0.0235. The fourth-order valence-corrected chi connectivity index (χ4v) is 4.33. The van der Waals surface area contributed by atoms with E-state index >= 15 is 0 Å². The maximum absolute atomic E-state index is 12.6. The summed E-state index contributed by atoms with van der Waals surface area (Å²) in [6.45, 7) is 0.811. The Morgan fingerprint density at radius 3 is 2.17 bits per heavy atom. The summed E-state index contributed by atoms with van der Waals surface area (Å²) < 4.78 is 46.9. The Bertz CT molecular complexity index is 927. The van der Waals surface area contributed by atoms with Crippen LogP contribution in [0.2, 0.25) is 0 Å². The monoisotopic (exact) mass is 622 g/mol. The summed E-state index contributed by atoms with van der Waals surface area (Å²) >= 11 is 0. The predicted molar refractivity (Wildman–Crippen MR) is 159 cm³/mol. The molecule has 0 aliphatic heterocycles. The molecule has 0 bridgehead atoms. The van der Waals surface area contributed by atoms with Crippen molar-refractivity contribution in [2.45, 2.75) is 108 Å². The number of aliphatic hydroxyl groups is 3. The minimum absolute atomic E-state index is 0.0542. The number of ether oxygens (including phenoxy) is 3. The van der Waals surface area contributed by atoms with E-state index in [0.29, 0.717) is 6.42 Å². The van der Waals surface area contributed by atoms with Crippen molar-refractivity contribution in [3.8, 4) is 0 Å². The molecule has 0 saturated carbocycles. The van der Waals surface area contributed by atoms with Crippen LogP contribution in [-0.4, -0.2) is 90.6 Å². The summed E-state index contributed by atoms with van der Waals surface area (Å²) in [5.74, 6) is -4.11. The van der Waals surface area contributed by atoms with E-state index in [9.17, 15) is 28.3 Å². The lowest BCUT2D eigenvalue weighted by Gasteiger charge is -2.37. The molecule has 0 fully saturated rings. The Morgan fingerprint density at radius 2 is 1.60 bits per heavy atom. The maximum Gasteiger partial charge on any atom is 0.306 e. The van der Waals surface area contributed by atoms with Gasteiger partial charge in [0.25, 0.3) is 16.0 Å². The molecule has 0 aromatic carbocycles. The van der Waals surface area contributed by atoms with Gasteiger partial charge in [0.1, 0.15) is 6.10 Å². The zero-order valence-corrected chi connectivity index (χ0v) is 25.6. The first-order valence-corrected chi connectivity index (χ1v) is 15.9. The molecule has 14 heteroatoms. The third kappa shape index (κ3) is 19.2. The summed E-state index contributed by atoms with van der Waals surface area (Å²) in [6, 6.07) is -1.91. The standard InChI is InChI=1S/C28H50N2O11S/c1-3-4-5-6-7-8-9-10-11-12-13-14-15-16-17-18-25(34)41-26(24(33)19-20-42(36,37)38)27(30-35)28(29,39-2)40-22-23(32)21-31/h4-5,7-8,10-11,23-24,26-27,31-33H,3,6,9,12-22,29H2,1-2H3,(H,36,37,38)/b5-4-,8-7-,11-10-/t23?,24-,26+,27?,28+/m1/s1. The molecular weight excluding hydrogens is 572 g/mol. The van der Waals surface area contributed by atoms with Gasteiger partial charge in [-0.25, -0.2) is 0 Å². The smallest absolute Gasteiger partial charge is 0.306 e. The number of nitrogens with zero attached hydrogens (tertiary/aromatic N) is 1. The lowest BCUT2D eigenvalue weighted by molar-refractivity contribution is -0.260. The molecule has 0 spiro atoms. The summed E-state index contributed by atoms with van der Waals surface area (Å²) in [5.41, 5.74) is 5.98. The van der Waals surface area contributed by atoms with Crippen LogP contribution in [0.5, 0.6) is 0 Å². The molecule has 0 amide bonds. The van der Waals surface area contributed by atoms with Gasteiger partial charge in [-0.3, -0.25) is 15.1 Å². The SMILES string of the molecule is CC/C=C\C/C=C\C/C=C\CCCCCCCC(=O)O[C@H](C(N=O)[C@](N)(OC)OCC(O)CO)[C@H](O)CCS(=O)(=O)O. The van der Waals surface area contributed by atoms with Gasteiger partial charge in [0.15, 0.2) is 12.1 Å². The van der Waals surface area contributed by atoms with E-state index in [0.717, 1.165) is 58.5 Å². The van der Waals surface area contributed by atoms with Gasteiger partial charge in [-0.05, 0) is 44.9 Å². The Labute approximate surface area is 249 Å². The first kappa shape index (κ1) is 40.0. The molecule has 244 valence electrons. The fraction of sp³-hybridized carbons (Fsp3) is 0.750. The van der Waals surface area contributed by atoms with Gasteiger partial charge in [0.2, 0.25) is 0 Å². The zero-order chi connectivity index (χ0) is 31.9. The van der Waals surface area contributed by atoms with Crippen LogP contribution in [0.25, 0.3) is 0 Å².